The normalized spacial score (nSPS) is 22.0. The third kappa shape index (κ3) is 3.72. The van der Waals surface area contributed by atoms with E-state index in [1.807, 2.05) is 41.0 Å². The molecule has 2 aliphatic rings. The molecule has 5 heteroatoms. The molecule has 2 aliphatic heterocycles. The van der Waals surface area contributed by atoms with Crippen LogP contribution in [0.15, 0.2) is 24.3 Å². The van der Waals surface area contributed by atoms with Crippen molar-refractivity contribution in [3.63, 3.8) is 0 Å². The molecule has 1 N–H and O–H groups in total. The predicted octanol–water partition coefficient (Wildman–Crippen LogP) is 1.28. The van der Waals surface area contributed by atoms with Gasteiger partial charge in [0, 0.05) is 38.3 Å². The summed E-state index contributed by atoms with van der Waals surface area (Å²) in [7, 11) is 0. The maximum Gasteiger partial charge on any atom is 0.253 e. The molecule has 2 heterocycles. The summed E-state index contributed by atoms with van der Waals surface area (Å²) in [6.07, 6.45) is 1.78. The summed E-state index contributed by atoms with van der Waals surface area (Å²) < 4.78 is 0. The molecule has 2 amide bonds. The monoisotopic (exact) mass is 315 g/mol. The van der Waals surface area contributed by atoms with Gasteiger partial charge in [0.05, 0.1) is 5.92 Å². The van der Waals surface area contributed by atoms with Gasteiger partial charge in [0.25, 0.3) is 5.91 Å². The highest BCUT2D eigenvalue weighted by molar-refractivity contribution is 5.94. The smallest absolute Gasteiger partial charge is 0.253 e. The number of amides is 2. The molecule has 124 valence electrons. The Kier molecular flexibility index (Phi) is 4.96. The minimum absolute atomic E-state index is 0.0746. The number of nitrogens with one attached hydrogen (secondary N) is 1. The van der Waals surface area contributed by atoms with E-state index in [4.69, 9.17) is 0 Å². The summed E-state index contributed by atoms with van der Waals surface area (Å²) in [6, 6.07) is 7.71. The second-order valence-electron chi connectivity index (χ2n) is 6.53. The molecule has 0 aromatic heterocycles. The van der Waals surface area contributed by atoms with Crippen LogP contribution in [0.25, 0.3) is 0 Å². The Morgan fingerprint density at radius 2 is 1.91 bits per heavy atom. The molecule has 23 heavy (non-hydrogen) atoms. The van der Waals surface area contributed by atoms with Gasteiger partial charge in [-0.2, -0.15) is 0 Å². The number of rotatable bonds is 2. The van der Waals surface area contributed by atoms with Gasteiger partial charge in [0.15, 0.2) is 0 Å². The maximum absolute atomic E-state index is 12.6. The predicted molar refractivity (Wildman–Crippen MR) is 89.3 cm³/mol. The average molecular weight is 315 g/mol. The summed E-state index contributed by atoms with van der Waals surface area (Å²) >= 11 is 0. The number of hydrogen-bond donors (Lipinski definition) is 1. The molecule has 1 atom stereocenters. The van der Waals surface area contributed by atoms with E-state index >= 15 is 0 Å². The molecule has 0 spiro atoms. The molecule has 1 aromatic carbocycles. The molecule has 1 aromatic rings. The molecule has 5 nitrogen and oxygen atoms in total. The van der Waals surface area contributed by atoms with E-state index in [0.717, 1.165) is 50.1 Å². The van der Waals surface area contributed by atoms with Crippen LogP contribution in [0.2, 0.25) is 0 Å². The highest BCUT2D eigenvalue weighted by atomic mass is 16.2. The lowest BCUT2D eigenvalue weighted by molar-refractivity contribution is -0.134. The second kappa shape index (κ2) is 7.13. The Labute approximate surface area is 137 Å². The Morgan fingerprint density at radius 3 is 2.65 bits per heavy atom. The van der Waals surface area contributed by atoms with Crippen molar-refractivity contribution in [3.05, 3.63) is 35.4 Å². The molecule has 2 saturated heterocycles. The summed E-state index contributed by atoms with van der Waals surface area (Å²) in [5, 5.41) is 3.25. The number of carbonyl (C=O) groups excluding carboxylic acids is 2. The largest absolute Gasteiger partial charge is 0.341 e. The molecular weight excluding hydrogens is 290 g/mol. The number of benzene rings is 1. The zero-order valence-corrected chi connectivity index (χ0v) is 13.8. The molecule has 0 radical (unpaired) electrons. The van der Waals surface area contributed by atoms with Gasteiger partial charge in [-0.05, 0) is 38.4 Å². The summed E-state index contributed by atoms with van der Waals surface area (Å²) in [6.45, 7) is 6.47. The van der Waals surface area contributed by atoms with E-state index in [9.17, 15) is 9.59 Å². The fourth-order valence-corrected chi connectivity index (χ4v) is 3.43. The fraction of sp³-hybridized carbons (Fsp3) is 0.556. The Bertz CT molecular complexity index is 581. The van der Waals surface area contributed by atoms with Gasteiger partial charge in [-0.1, -0.05) is 17.7 Å². The number of carbonyl (C=O) groups is 2. The zero-order chi connectivity index (χ0) is 16.2. The molecular formula is C18H25N3O2. The highest BCUT2D eigenvalue weighted by Crippen LogP contribution is 2.15. The van der Waals surface area contributed by atoms with Gasteiger partial charge in [-0.15, -0.1) is 0 Å². The van der Waals surface area contributed by atoms with Crippen LogP contribution >= 0.6 is 0 Å². The van der Waals surface area contributed by atoms with Gasteiger partial charge >= 0.3 is 0 Å². The first-order valence-electron chi connectivity index (χ1n) is 8.50. The molecule has 0 saturated carbocycles. The van der Waals surface area contributed by atoms with Crippen molar-refractivity contribution < 1.29 is 9.59 Å². The highest BCUT2D eigenvalue weighted by Gasteiger charge is 2.29. The maximum atomic E-state index is 12.6. The van der Waals surface area contributed by atoms with E-state index in [-0.39, 0.29) is 17.7 Å². The van der Waals surface area contributed by atoms with Crippen LogP contribution in [0.4, 0.5) is 0 Å². The van der Waals surface area contributed by atoms with Gasteiger partial charge in [0.1, 0.15) is 0 Å². The lowest BCUT2D eigenvalue weighted by atomic mass is 10.1. The Morgan fingerprint density at radius 1 is 1.13 bits per heavy atom. The SMILES string of the molecule is Cc1cccc(C(=O)N2CCCN(C(=O)C3CCNC3)CC2)c1. The number of aryl methyl sites for hydroxylation is 1. The quantitative estimate of drug-likeness (QED) is 0.894. The van der Waals surface area contributed by atoms with Crippen LogP contribution in [0.5, 0.6) is 0 Å². The second-order valence-corrected chi connectivity index (χ2v) is 6.53. The van der Waals surface area contributed by atoms with Crippen molar-refractivity contribution in [2.24, 2.45) is 5.92 Å². The van der Waals surface area contributed by atoms with Crippen molar-refractivity contribution in [1.82, 2.24) is 15.1 Å². The van der Waals surface area contributed by atoms with Gasteiger partial charge in [0.2, 0.25) is 5.91 Å². The van der Waals surface area contributed by atoms with Crippen LogP contribution in [-0.4, -0.2) is 60.9 Å². The Hall–Kier alpha value is -1.88. The van der Waals surface area contributed by atoms with Crippen LogP contribution in [0.1, 0.15) is 28.8 Å². The standard InChI is InChI=1S/C18H25N3O2/c1-14-4-2-5-15(12-14)17(22)20-8-3-9-21(11-10-20)18(23)16-6-7-19-13-16/h2,4-5,12,16,19H,3,6-11,13H2,1H3. The van der Waals surface area contributed by atoms with Crippen molar-refractivity contribution in [1.29, 1.82) is 0 Å². The van der Waals surface area contributed by atoms with Gasteiger partial charge in [-0.3, -0.25) is 9.59 Å². The van der Waals surface area contributed by atoms with Crippen molar-refractivity contribution in [2.45, 2.75) is 19.8 Å². The molecule has 3 rings (SSSR count). The summed E-state index contributed by atoms with van der Waals surface area (Å²) in [5.41, 5.74) is 1.83. The summed E-state index contributed by atoms with van der Waals surface area (Å²) in [4.78, 5) is 29.0. The van der Waals surface area contributed by atoms with Crippen molar-refractivity contribution >= 4 is 11.8 Å². The minimum Gasteiger partial charge on any atom is -0.341 e. The first-order chi connectivity index (χ1) is 11.1. The topological polar surface area (TPSA) is 52.7 Å². The summed E-state index contributed by atoms with van der Waals surface area (Å²) in [5.74, 6) is 0.444. The molecule has 0 aliphatic carbocycles. The fourth-order valence-electron chi connectivity index (χ4n) is 3.43. The Balaban J connectivity index is 1.61. The van der Waals surface area contributed by atoms with Crippen molar-refractivity contribution in [3.8, 4) is 0 Å². The van der Waals surface area contributed by atoms with E-state index in [1.165, 1.54) is 0 Å². The first-order valence-corrected chi connectivity index (χ1v) is 8.50. The van der Waals surface area contributed by atoms with Crippen molar-refractivity contribution in [2.75, 3.05) is 39.3 Å². The zero-order valence-electron chi connectivity index (χ0n) is 13.8. The van der Waals surface area contributed by atoms with Crippen LogP contribution in [0, 0.1) is 12.8 Å². The number of hydrogen-bond acceptors (Lipinski definition) is 3. The van der Waals surface area contributed by atoms with Crippen LogP contribution in [-0.2, 0) is 4.79 Å². The van der Waals surface area contributed by atoms with Gasteiger partial charge < -0.3 is 15.1 Å². The van der Waals surface area contributed by atoms with Gasteiger partial charge in [-0.25, -0.2) is 0 Å². The third-order valence-corrected chi connectivity index (χ3v) is 4.77. The molecule has 1 unspecified atom stereocenters. The average Bonchev–Trinajstić information content (AvgIpc) is 2.98. The van der Waals surface area contributed by atoms with E-state index in [2.05, 4.69) is 5.32 Å². The molecule has 0 bridgehead atoms. The third-order valence-electron chi connectivity index (χ3n) is 4.77. The van der Waals surface area contributed by atoms with Crippen LogP contribution < -0.4 is 5.32 Å². The lowest BCUT2D eigenvalue weighted by Gasteiger charge is -2.24. The minimum atomic E-state index is 0.0746. The lowest BCUT2D eigenvalue weighted by Crippen LogP contribution is -2.40. The van der Waals surface area contributed by atoms with E-state index in [0.29, 0.717) is 13.1 Å². The first kappa shape index (κ1) is 16.0. The van der Waals surface area contributed by atoms with E-state index in [1.54, 1.807) is 0 Å². The van der Waals surface area contributed by atoms with E-state index < -0.39 is 0 Å². The molecule has 2 fully saturated rings. The van der Waals surface area contributed by atoms with Crippen LogP contribution in [0.3, 0.4) is 0 Å². The number of nitrogens with zero attached hydrogens (tertiary/aromatic N) is 2.